The van der Waals surface area contributed by atoms with Gasteiger partial charge in [0.2, 0.25) is 0 Å². The van der Waals surface area contributed by atoms with Crippen molar-refractivity contribution in [3.05, 3.63) is 34.6 Å². The van der Waals surface area contributed by atoms with Gasteiger partial charge >= 0.3 is 0 Å². The summed E-state index contributed by atoms with van der Waals surface area (Å²) < 4.78 is 1.07. The second-order valence-corrected chi connectivity index (χ2v) is 5.95. The molecule has 1 aliphatic heterocycles. The van der Waals surface area contributed by atoms with Gasteiger partial charge in [-0.15, -0.1) is 0 Å². The highest BCUT2D eigenvalue weighted by Gasteiger charge is 2.27. The van der Waals surface area contributed by atoms with E-state index in [1.807, 2.05) is 12.4 Å². The number of halogens is 1. The van der Waals surface area contributed by atoms with Crippen LogP contribution in [0.15, 0.2) is 29.0 Å². The van der Waals surface area contributed by atoms with Crippen molar-refractivity contribution in [2.24, 2.45) is 11.8 Å². The van der Waals surface area contributed by atoms with Crippen LogP contribution in [0, 0.1) is 11.8 Å². The number of nitrogens with one attached hydrogen (secondary N) is 1. The van der Waals surface area contributed by atoms with E-state index in [0.717, 1.165) is 22.9 Å². The maximum absolute atomic E-state index is 4.26. The van der Waals surface area contributed by atoms with Gasteiger partial charge in [0.05, 0.1) is 0 Å². The van der Waals surface area contributed by atoms with Crippen LogP contribution >= 0.6 is 15.9 Å². The normalized spacial score (nSPS) is 28.4. The van der Waals surface area contributed by atoms with E-state index in [1.54, 1.807) is 0 Å². The Hall–Kier alpha value is -0.670. The first-order chi connectivity index (χ1) is 8.33. The van der Waals surface area contributed by atoms with Gasteiger partial charge in [-0.2, -0.15) is 0 Å². The average molecular weight is 293 g/mol. The molecule has 2 heterocycles. The third kappa shape index (κ3) is 2.45. The summed E-state index contributed by atoms with van der Waals surface area (Å²) in [6, 6.07) is 2.18. The average Bonchev–Trinajstić information content (AvgIpc) is 2.38. The number of nitrogens with zero attached hydrogens (tertiary/aromatic N) is 1. The minimum absolute atomic E-state index is 0.728. The lowest BCUT2D eigenvalue weighted by molar-refractivity contribution is 0.279. The molecule has 0 bridgehead atoms. The van der Waals surface area contributed by atoms with Crippen molar-refractivity contribution in [1.82, 2.24) is 10.3 Å². The number of hydrogen-bond donors (Lipinski definition) is 1. The maximum atomic E-state index is 4.26. The molecule has 2 aliphatic rings. The van der Waals surface area contributed by atoms with Gasteiger partial charge in [0.25, 0.3) is 0 Å². The van der Waals surface area contributed by atoms with E-state index in [2.05, 4.69) is 38.4 Å². The summed E-state index contributed by atoms with van der Waals surface area (Å²) in [6.07, 6.45) is 10.2. The fraction of sp³-hybridized carbons (Fsp3) is 0.500. The van der Waals surface area contributed by atoms with E-state index in [0.29, 0.717) is 0 Å². The zero-order valence-corrected chi connectivity index (χ0v) is 11.4. The molecule has 0 aromatic carbocycles. The Kier molecular flexibility index (Phi) is 3.30. The lowest BCUT2D eigenvalue weighted by Crippen LogP contribution is -2.37. The van der Waals surface area contributed by atoms with Gasteiger partial charge in [0, 0.05) is 23.4 Å². The molecule has 1 saturated heterocycles. The van der Waals surface area contributed by atoms with Gasteiger partial charge in [0.15, 0.2) is 0 Å². The molecule has 2 nitrogen and oxygen atoms in total. The Morgan fingerprint density at radius 3 is 3.12 bits per heavy atom. The van der Waals surface area contributed by atoms with Gasteiger partial charge in [-0.25, -0.2) is 0 Å². The van der Waals surface area contributed by atoms with Crippen LogP contribution in [0.2, 0.25) is 0 Å². The third-order valence-corrected chi connectivity index (χ3v) is 4.39. The highest BCUT2D eigenvalue weighted by atomic mass is 79.9. The minimum atomic E-state index is 0.728. The molecule has 3 heteroatoms. The smallest absolute Gasteiger partial charge is 0.0410 e. The van der Waals surface area contributed by atoms with Crippen LogP contribution in [0.4, 0.5) is 0 Å². The van der Waals surface area contributed by atoms with Gasteiger partial charge in [0.1, 0.15) is 0 Å². The van der Waals surface area contributed by atoms with Crippen LogP contribution in [0.25, 0.3) is 5.57 Å². The number of pyridine rings is 1. The molecule has 0 spiro atoms. The third-order valence-electron chi connectivity index (χ3n) is 3.95. The lowest BCUT2D eigenvalue weighted by Gasteiger charge is -2.34. The number of hydrogen-bond acceptors (Lipinski definition) is 2. The molecule has 0 radical (unpaired) electrons. The number of rotatable bonds is 1. The predicted molar refractivity (Wildman–Crippen MR) is 73.6 cm³/mol. The van der Waals surface area contributed by atoms with Crippen LogP contribution in [0.5, 0.6) is 0 Å². The Morgan fingerprint density at radius 2 is 2.24 bits per heavy atom. The standard InChI is InChI=1S/C14H17BrN2/c15-14-6-13(8-17-9-14)11-2-1-10-3-4-16-7-12(10)5-11/h5-6,8-10,12,16H,1-4,7H2/t10-,12+/m0/s1. The Bertz CT molecular complexity index is 442. The molecule has 1 aromatic heterocycles. The van der Waals surface area contributed by atoms with E-state index >= 15 is 0 Å². The molecule has 1 aliphatic carbocycles. The Labute approximate surface area is 111 Å². The zero-order chi connectivity index (χ0) is 11.7. The van der Waals surface area contributed by atoms with Crippen LogP contribution < -0.4 is 5.32 Å². The molecule has 1 fully saturated rings. The largest absolute Gasteiger partial charge is 0.316 e. The molecule has 2 atom stereocenters. The molecule has 0 amide bonds. The zero-order valence-electron chi connectivity index (χ0n) is 9.82. The topological polar surface area (TPSA) is 24.9 Å². The Morgan fingerprint density at radius 1 is 1.29 bits per heavy atom. The lowest BCUT2D eigenvalue weighted by atomic mass is 9.76. The highest BCUT2D eigenvalue weighted by Crippen LogP contribution is 2.36. The van der Waals surface area contributed by atoms with E-state index in [9.17, 15) is 0 Å². The SMILES string of the molecule is Brc1cncc(C2=C[C@@H]3CNCC[C@@H]3CC2)c1. The van der Waals surface area contributed by atoms with Gasteiger partial charge in [-0.05, 0) is 70.8 Å². The number of piperidine rings is 1. The van der Waals surface area contributed by atoms with E-state index in [4.69, 9.17) is 0 Å². The fourth-order valence-corrected chi connectivity index (χ4v) is 3.37. The summed E-state index contributed by atoms with van der Waals surface area (Å²) in [5.74, 6) is 1.63. The van der Waals surface area contributed by atoms with Gasteiger partial charge in [-0.1, -0.05) is 6.08 Å². The second kappa shape index (κ2) is 4.91. The molecule has 3 rings (SSSR count). The van der Waals surface area contributed by atoms with E-state index in [1.165, 1.54) is 36.9 Å². The highest BCUT2D eigenvalue weighted by molar-refractivity contribution is 9.10. The second-order valence-electron chi connectivity index (χ2n) is 5.04. The van der Waals surface area contributed by atoms with Crippen molar-refractivity contribution in [2.45, 2.75) is 19.3 Å². The molecule has 1 aromatic rings. The van der Waals surface area contributed by atoms with Crippen LogP contribution in [-0.4, -0.2) is 18.1 Å². The van der Waals surface area contributed by atoms with Crippen molar-refractivity contribution in [2.75, 3.05) is 13.1 Å². The number of allylic oxidation sites excluding steroid dienone is 1. The molecule has 0 saturated carbocycles. The number of aromatic nitrogens is 1. The first kappa shape index (κ1) is 11.4. The van der Waals surface area contributed by atoms with Crippen molar-refractivity contribution in [1.29, 1.82) is 0 Å². The summed E-state index contributed by atoms with van der Waals surface area (Å²) in [7, 11) is 0. The van der Waals surface area contributed by atoms with Crippen molar-refractivity contribution in [3.63, 3.8) is 0 Å². The van der Waals surface area contributed by atoms with Crippen molar-refractivity contribution in [3.8, 4) is 0 Å². The summed E-state index contributed by atoms with van der Waals surface area (Å²) in [5, 5.41) is 3.50. The summed E-state index contributed by atoms with van der Waals surface area (Å²) in [4.78, 5) is 4.26. The van der Waals surface area contributed by atoms with Crippen LogP contribution in [0.1, 0.15) is 24.8 Å². The quantitative estimate of drug-likeness (QED) is 0.859. The summed E-state index contributed by atoms with van der Waals surface area (Å²) in [5.41, 5.74) is 2.76. The monoisotopic (exact) mass is 292 g/mol. The molecule has 0 unspecified atom stereocenters. The summed E-state index contributed by atoms with van der Waals surface area (Å²) >= 11 is 3.50. The minimum Gasteiger partial charge on any atom is -0.316 e. The van der Waals surface area contributed by atoms with E-state index in [-0.39, 0.29) is 0 Å². The first-order valence-corrected chi connectivity index (χ1v) is 7.14. The van der Waals surface area contributed by atoms with Crippen molar-refractivity contribution < 1.29 is 0 Å². The molecule has 90 valence electrons. The number of fused-ring (bicyclic) bond motifs is 1. The molecular formula is C14H17BrN2. The van der Waals surface area contributed by atoms with Crippen LogP contribution in [-0.2, 0) is 0 Å². The van der Waals surface area contributed by atoms with Crippen LogP contribution in [0.3, 0.4) is 0 Å². The molecule has 1 N–H and O–H groups in total. The first-order valence-electron chi connectivity index (χ1n) is 6.35. The summed E-state index contributed by atoms with van der Waals surface area (Å²) in [6.45, 7) is 2.35. The molecular weight excluding hydrogens is 276 g/mol. The fourth-order valence-electron chi connectivity index (χ4n) is 3.00. The molecule has 17 heavy (non-hydrogen) atoms. The Balaban J connectivity index is 1.86. The van der Waals surface area contributed by atoms with E-state index < -0.39 is 0 Å². The predicted octanol–water partition coefficient (Wildman–Crippen LogP) is 3.25. The van der Waals surface area contributed by atoms with Gasteiger partial charge < -0.3 is 5.32 Å². The van der Waals surface area contributed by atoms with Crippen molar-refractivity contribution >= 4 is 21.5 Å². The van der Waals surface area contributed by atoms with Gasteiger partial charge in [-0.3, -0.25) is 4.98 Å². The maximum Gasteiger partial charge on any atom is 0.0410 e.